The van der Waals surface area contributed by atoms with E-state index < -0.39 is 0 Å². The van der Waals surface area contributed by atoms with E-state index in [4.69, 9.17) is 9.47 Å². The zero-order valence-electron chi connectivity index (χ0n) is 17.6. The highest BCUT2D eigenvalue weighted by atomic mass is 16.5. The number of carbonyl (C=O) groups excluding carboxylic acids is 1. The summed E-state index contributed by atoms with van der Waals surface area (Å²) in [5, 5.41) is 0. The first-order chi connectivity index (χ1) is 13.3. The molecule has 1 aliphatic rings. The maximum atomic E-state index is 11.2. The Labute approximate surface area is 168 Å². The molecule has 0 aromatic heterocycles. The second-order valence-electron chi connectivity index (χ2n) is 8.06. The van der Waals surface area contributed by atoms with Gasteiger partial charge >= 0.3 is 0 Å². The van der Waals surface area contributed by atoms with Gasteiger partial charge < -0.3 is 9.47 Å². The van der Waals surface area contributed by atoms with Crippen LogP contribution in [0.25, 0.3) is 0 Å². The lowest BCUT2D eigenvalue weighted by Gasteiger charge is -2.37. The lowest BCUT2D eigenvalue weighted by Crippen LogP contribution is -2.36. The summed E-state index contributed by atoms with van der Waals surface area (Å²) in [7, 11) is 0. The lowest BCUT2D eigenvalue weighted by molar-refractivity contribution is -0.112. The molecule has 0 unspecified atom stereocenters. The molecule has 0 spiro atoms. The quantitative estimate of drug-likeness (QED) is 0.595. The van der Waals surface area contributed by atoms with Gasteiger partial charge in [0.25, 0.3) is 0 Å². The van der Waals surface area contributed by atoms with Gasteiger partial charge in [-0.2, -0.15) is 0 Å². The van der Waals surface area contributed by atoms with E-state index in [1.54, 1.807) is 13.0 Å². The number of carbonyl (C=O) groups is 1. The molecule has 1 aliphatic heterocycles. The van der Waals surface area contributed by atoms with Crippen LogP contribution in [0, 0.1) is 20.8 Å². The SMILES string of the molecule is CC(=O)/C=C/C[C@]1(C)CCc2c(C)c(OCc3ccccc3)c(C)c(C)c2O1. The number of hydrogen-bond acceptors (Lipinski definition) is 3. The van der Waals surface area contributed by atoms with Crippen molar-refractivity contribution >= 4 is 5.78 Å². The topological polar surface area (TPSA) is 35.5 Å². The van der Waals surface area contributed by atoms with Crippen molar-refractivity contribution in [2.75, 3.05) is 0 Å². The first-order valence-electron chi connectivity index (χ1n) is 9.96. The number of benzene rings is 2. The van der Waals surface area contributed by atoms with Gasteiger partial charge in [-0.25, -0.2) is 0 Å². The maximum absolute atomic E-state index is 11.2. The summed E-state index contributed by atoms with van der Waals surface area (Å²) in [6.07, 6.45) is 6.17. The Hall–Kier alpha value is -2.55. The standard InChI is InChI=1S/C25H30O3/c1-17(26)10-9-14-25(5)15-13-22-20(4)23(18(2)19(3)24(22)28-25)27-16-21-11-7-6-8-12-21/h6-12H,13-16H2,1-5H3/b10-9+/t25-/m1/s1. The van der Waals surface area contributed by atoms with Crippen LogP contribution in [0.3, 0.4) is 0 Å². The molecule has 2 aromatic rings. The number of allylic oxidation sites excluding steroid dienone is 1. The molecule has 0 fully saturated rings. The zero-order chi connectivity index (χ0) is 20.3. The molecule has 1 heterocycles. The first kappa shape index (κ1) is 20.2. The van der Waals surface area contributed by atoms with E-state index in [2.05, 4.69) is 39.8 Å². The van der Waals surface area contributed by atoms with E-state index >= 15 is 0 Å². The molecule has 148 valence electrons. The maximum Gasteiger partial charge on any atom is 0.152 e. The Kier molecular flexibility index (Phi) is 5.93. The van der Waals surface area contributed by atoms with Gasteiger partial charge in [-0.1, -0.05) is 36.4 Å². The van der Waals surface area contributed by atoms with Crippen LogP contribution in [-0.4, -0.2) is 11.4 Å². The number of ether oxygens (including phenoxy) is 2. The van der Waals surface area contributed by atoms with Gasteiger partial charge in [0.1, 0.15) is 23.7 Å². The molecule has 1 atom stereocenters. The number of ketones is 1. The fourth-order valence-corrected chi connectivity index (χ4v) is 3.85. The number of hydrogen-bond donors (Lipinski definition) is 0. The zero-order valence-corrected chi connectivity index (χ0v) is 17.6. The lowest BCUT2D eigenvalue weighted by atomic mass is 9.85. The molecule has 3 rings (SSSR count). The van der Waals surface area contributed by atoms with Crippen LogP contribution in [0.15, 0.2) is 42.5 Å². The fraction of sp³-hybridized carbons (Fsp3) is 0.400. The summed E-state index contributed by atoms with van der Waals surface area (Å²) in [5.41, 5.74) is 5.59. The predicted molar refractivity (Wildman–Crippen MR) is 113 cm³/mol. The van der Waals surface area contributed by atoms with E-state index in [9.17, 15) is 4.79 Å². The van der Waals surface area contributed by atoms with Crippen molar-refractivity contribution in [1.82, 2.24) is 0 Å². The summed E-state index contributed by atoms with van der Waals surface area (Å²) in [6.45, 7) is 10.6. The monoisotopic (exact) mass is 378 g/mol. The molecule has 3 nitrogen and oxygen atoms in total. The van der Waals surface area contributed by atoms with Gasteiger partial charge in [0.2, 0.25) is 0 Å². The minimum absolute atomic E-state index is 0.0721. The average molecular weight is 379 g/mol. The highest BCUT2D eigenvalue weighted by molar-refractivity contribution is 5.87. The second-order valence-corrected chi connectivity index (χ2v) is 8.06. The van der Waals surface area contributed by atoms with Gasteiger partial charge in [-0.05, 0) is 75.8 Å². The Balaban J connectivity index is 1.85. The molecule has 0 N–H and O–H groups in total. The van der Waals surface area contributed by atoms with Crippen molar-refractivity contribution < 1.29 is 14.3 Å². The molecule has 0 amide bonds. The van der Waals surface area contributed by atoms with Crippen LogP contribution >= 0.6 is 0 Å². The van der Waals surface area contributed by atoms with Gasteiger partial charge in [0.05, 0.1) is 0 Å². The molecule has 2 aromatic carbocycles. The predicted octanol–water partition coefficient (Wildman–Crippen LogP) is 5.81. The molecule has 0 aliphatic carbocycles. The average Bonchev–Trinajstić information content (AvgIpc) is 2.66. The van der Waals surface area contributed by atoms with Crippen LogP contribution in [0.1, 0.15) is 54.5 Å². The van der Waals surface area contributed by atoms with E-state index in [0.29, 0.717) is 6.61 Å². The van der Waals surface area contributed by atoms with Crippen LogP contribution in [-0.2, 0) is 17.8 Å². The molecule has 0 radical (unpaired) electrons. The normalized spacial score (nSPS) is 18.6. The van der Waals surface area contributed by atoms with E-state index in [-0.39, 0.29) is 11.4 Å². The fourth-order valence-electron chi connectivity index (χ4n) is 3.85. The van der Waals surface area contributed by atoms with Crippen molar-refractivity contribution in [2.45, 2.75) is 66.1 Å². The molecule has 0 bridgehead atoms. The summed E-state index contributed by atoms with van der Waals surface area (Å²) in [5.74, 6) is 2.04. The number of rotatable bonds is 6. The van der Waals surface area contributed by atoms with E-state index in [0.717, 1.165) is 47.5 Å². The van der Waals surface area contributed by atoms with E-state index in [1.165, 1.54) is 11.1 Å². The van der Waals surface area contributed by atoms with Crippen LogP contribution in [0.2, 0.25) is 0 Å². The third kappa shape index (κ3) is 4.30. The largest absolute Gasteiger partial charge is 0.488 e. The van der Waals surface area contributed by atoms with Crippen LogP contribution < -0.4 is 9.47 Å². The molecule has 0 saturated carbocycles. The minimum Gasteiger partial charge on any atom is -0.488 e. The summed E-state index contributed by atoms with van der Waals surface area (Å²) in [6, 6.07) is 10.2. The van der Waals surface area contributed by atoms with Crippen molar-refractivity contribution in [3.05, 3.63) is 70.3 Å². The summed E-state index contributed by atoms with van der Waals surface area (Å²) < 4.78 is 12.7. The highest BCUT2D eigenvalue weighted by Gasteiger charge is 2.34. The van der Waals surface area contributed by atoms with Crippen molar-refractivity contribution in [3.63, 3.8) is 0 Å². The Morgan fingerprint density at radius 2 is 1.86 bits per heavy atom. The Morgan fingerprint density at radius 3 is 2.54 bits per heavy atom. The van der Waals surface area contributed by atoms with Crippen molar-refractivity contribution in [3.8, 4) is 11.5 Å². The highest BCUT2D eigenvalue weighted by Crippen LogP contribution is 2.44. The Morgan fingerprint density at radius 1 is 1.14 bits per heavy atom. The summed E-state index contributed by atoms with van der Waals surface area (Å²) in [4.78, 5) is 11.2. The molecular weight excluding hydrogens is 348 g/mol. The van der Waals surface area contributed by atoms with Gasteiger partial charge in [0, 0.05) is 12.0 Å². The van der Waals surface area contributed by atoms with Crippen molar-refractivity contribution in [1.29, 1.82) is 0 Å². The van der Waals surface area contributed by atoms with Gasteiger partial charge in [0.15, 0.2) is 5.78 Å². The van der Waals surface area contributed by atoms with Crippen molar-refractivity contribution in [2.24, 2.45) is 0 Å². The first-order valence-corrected chi connectivity index (χ1v) is 9.96. The molecule has 0 saturated heterocycles. The van der Waals surface area contributed by atoms with Crippen LogP contribution in [0.5, 0.6) is 11.5 Å². The number of fused-ring (bicyclic) bond motifs is 1. The minimum atomic E-state index is -0.283. The summed E-state index contributed by atoms with van der Waals surface area (Å²) >= 11 is 0. The van der Waals surface area contributed by atoms with Gasteiger partial charge in [-0.15, -0.1) is 0 Å². The smallest absolute Gasteiger partial charge is 0.152 e. The molecule has 28 heavy (non-hydrogen) atoms. The third-order valence-electron chi connectivity index (χ3n) is 5.69. The Bertz CT molecular complexity index is 896. The van der Waals surface area contributed by atoms with Gasteiger partial charge in [-0.3, -0.25) is 4.79 Å². The third-order valence-corrected chi connectivity index (χ3v) is 5.69. The molecule has 3 heteroatoms. The van der Waals surface area contributed by atoms with Crippen LogP contribution in [0.4, 0.5) is 0 Å². The van der Waals surface area contributed by atoms with E-state index in [1.807, 2.05) is 24.3 Å². The molecular formula is C25H30O3. The second kappa shape index (κ2) is 8.22.